The van der Waals surface area contributed by atoms with Crippen LogP contribution in [-0.4, -0.2) is 160 Å². The number of esters is 2. The number of aromatic nitrogens is 1. The lowest BCUT2D eigenvalue weighted by atomic mass is 9.81. The molecule has 2 aromatic rings. The number of imide groups is 1. The molecule has 1 saturated heterocycles. The number of ether oxygens (including phenoxy) is 2. The quantitative estimate of drug-likeness (QED) is 0.0237. The van der Waals surface area contributed by atoms with E-state index in [9.17, 15) is 53.1 Å². The van der Waals surface area contributed by atoms with Gasteiger partial charge in [0.1, 0.15) is 16.5 Å². The van der Waals surface area contributed by atoms with Gasteiger partial charge in [0.25, 0.3) is 5.91 Å². The molecule has 470 valence electrons. The summed E-state index contributed by atoms with van der Waals surface area (Å²) in [7, 11) is 5.35. The van der Waals surface area contributed by atoms with E-state index in [1.165, 1.54) is 30.1 Å². The number of rotatable bonds is 39. The van der Waals surface area contributed by atoms with Gasteiger partial charge in [-0.3, -0.25) is 53.0 Å². The summed E-state index contributed by atoms with van der Waals surface area (Å²) < 4.78 is 11.7. The highest BCUT2D eigenvalue weighted by Crippen LogP contribution is 2.34. The van der Waals surface area contributed by atoms with Gasteiger partial charge in [0.05, 0.1) is 35.5 Å². The summed E-state index contributed by atoms with van der Waals surface area (Å²) in [6.45, 7) is 15.8. The zero-order valence-corrected chi connectivity index (χ0v) is 53.5. The Labute approximate surface area is 504 Å². The fraction of sp³-hybridized carbons (Fsp3) is 0.683. The molecule has 5 amide bonds. The maximum Gasteiger partial charge on any atom is 0.370 e. The molecule has 0 radical (unpaired) electrons. The maximum atomic E-state index is 14.5. The fourth-order valence-electron chi connectivity index (χ4n) is 10.0. The molecular formula is C60H98N9O13S2+3. The fourth-order valence-corrected chi connectivity index (χ4v) is 11.5. The summed E-state index contributed by atoms with van der Waals surface area (Å²) in [6, 6.07) is 2.74. The number of quaternary nitrogens is 3. The summed E-state index contributed by atoms with van der Waals surface area (Å²) >= 11 is 2.38. The number of aliphatic carboxylic acids is 1. The number of unbranched alkanes of at least 4 members (excludes halogenated alkanes) is 2. The molecule has 2 heterocycles. The molecule has 0 aliphatic carbocycles. The minimum Gasteiger partial charge on any atom is -0.481 e. The van der Waals surface area contributed by atoms with Crippen LogP contribution in [0.1, 0.15) is 172 Å². The minimum absolute atomic E-state index is 0.0219. The van der Waals surface area contributed by atoms with Crippen molar-refractivity contribution in [2.75, 3.05) is 52.3 Å². The number of nitrogens with zero attached hydrogens (tertiary/aromatic N) is 4. The third-order valence-corrected chi connectivity index (χ3v) is 18.2. The summed E-state index contributed by atoms with van der Waals surface area (Å²) in [6.07, 6.45) is 5.20. The topological polar surface area (TPSA) is 339 Å². The SMILES string of the molecule is CC[C@H](C)[C@H](CC(=O)C(C)(C)N(C)C)C(=O)N(C)[C@H](C[C@@H](OC(C)=O)c1nc(C(=O)N[C@@H](Cc2ccc(OC(=O)[C@@H]([NH3+])CCCC[NH3+])c(NC(=O)CCCN3C(=O)CC(SC)C3=O)c2)CC(C)C(=O)C[C@@H](CCCC[NH3+])C(=O)O)cs1)C(C)C. The zero-order valence-electron chi connectivity index (χ0n) is 51.9. The molecule has 24 heteroatoms. The van der Waals surface area contributed by atoms with Crippen LogP contribution in [-0.2, 0) is 54.3 Å². The average Bonchev–Trinajstić information content (AvgIpc) is 4.09. The Morgan fingerprint density at radius 2 is 1.60 bits per heavy atom. The minimum atomic E-state index is -1.08. The number of nitrogens with one attached hydrogen (secondary N) is 2. The van der Waals surface area contributed by atoms with Gasteiger partial charge in [-0.25, -0.2) is 9.78 Å². The summed E-state index contributed by atoms with van der Waals surface area (Å²) in [5.41, 5.74) is 11.5. The molecule has 0 spiro atoms. The van der Waals surface area contributed by atoms with E-state index in [1.54, 1.807) is 37.3 Å². The normalized spacial score (nSPS) is 16.5. The van der Waals surface area contributed by atoms with Crippen molar-refractivity contribution < 1.29 is 79.7 Å². The van der Waals surface area contributed by atoms with Crippen LogP contribution in [0.5, 0.6) is 5.75 Å². The van der Waals surface area contributed by atoms with Crippen molar-refractivity contribution in [3.8, 4) is 5.75 Å². The van der Waals surface area contributed by atoms with Crippen LogP contribution in [0.25, 0.3) is 0 Å². The van der Waals surface area contributed by atoms with E-state index in [2.05, 4.69) is 27.8 Å². The number of thioether (sulfide) groups is 1. The Morgan fingerprint density at radius 1 is 0.940 bits per heavy atom. The van der Waals surface area contributed by atoms with E-state index < -0.39 is 82.5 Å². The van der Waals surface area contributed by atoms with E-state index in [0.717, 1.165) is 22.7 Å². The number of benzene rings is 1. The molecule has 9 atom stereocenters. The number of ketones is 2. The molecule has 0 bridgehead atoms. The van der Waals surface area contributed by atoms with Crippen molar-refractivity contribution in [2.45, 2.75) is 187 Å². The molecule has 0 saturated carbocycles. The second-order valence-corrected chi connectivity index (χ2v) is 25.5. The van der Waals surface area contributed by atoms with Gasteiger partial charge in [0.2, 0.25) is 23.6 Å². The molecule has 1 aliphatic heterocycles. The second-order valence-electron chi connectivity index (χ2n) is 23.6. The molecule has 1 aromatic carbocycles. The van der Waals surface area contributed by atoms with Crippen molar-refractivity contribution in [1.29, 1.82) is 0 Å². The Balaban J connectivity index is 2.04. The van der Waals surface area contributed by atoms with Crippen LogP contribution >= 0.6 is 23.1 Å². The lowest BCUT2D eigenvalue weighted by Crippen LogP contribution is -2.66. The maximum absolute atomic E-state index is 14.5. The van der Waals surface area contributed by atoms with Crippen molar-refractivity contribution in [2.24, 2.45) is 29.6 Å². The van der Waals surface area contributed by atoms with Gasteiger partial charge in [0, 0.05) is 88.3 Å². The average molecular weight is 1220 g/mol. The van der Waals surface area contributed by atoms with Gasteiger partial charge < -0.3 is 47.3 Å². The Morgan fingerprint density at radius 3 is 2.17 bits per heavy atom. The third kappa shape index (κ3) is 22.0. The molecule has 84 heavy (non-hydrogen) atoms. The van der Waals surface area contributed by atoms with E-state index >= 15 is 0 Å². The number of Topliss-reactive ketones (excluding diaryl/α,β-unsaturated/α-hetero) is 2. The highest BCUT2D eigenvalue weighted by molar-refractivity contribution is 8.00. The number of hydrogen-bond donors (Lipinski definition) is 6. The first kappa shape index (κ1) is 72.6. The molecule has 1 fully saturated rings. The summed E-state index contributed by atoms with van der Waals surface area (Å²) in [4.78, 5) is 143. The van der Waals surface area contributed by atoms with E-state index in [1.807, 2.05) is 60.5 Å². The van der Waals surface area contributed by atoms with Crippen molar-refractivity contribution in [1.82, 2.24) is 25.0 Å². The van der Waals surface area contributed by atoms with E-state index in [0.29, 0.717) is 62.2 Å². The molecular weight excluding hydrogens is 1120 g/mol. The Bertz CT molecular complexity index is 2580. The first-order chi connectivity index (χ1) is 39.5. The number of likely N-dealkylation sites (N-methyl/N-ethyl adjacent to an activating group) is 1. The van der Waals surface area contributed by atoms with E-state index in [4.69, 9.17) is 14.5 Å². The van der Waals surface area contributed by atoms with Gasteiger partial charge in [-0.15, -0.1) is 11.3 Å². The largest absolute Gasteiger partial charge is 0.481 e. The molecule has 22 nitrogen and oxygen atoms in total. The van der Waals surface area contributed by atoms with Gasteiger partial charge in [0.15, 0.2) is 23.7 Å². The van der Waals surface area contributed by atoms with Crippen molar-refractivity contribution in [3.63, 3.8) is 0 Å². The summed E-state index contributed by atoms with van der Waals surface area (Å²) in [5.74, 6) is -7.12. The van der Waals surface area contributed by atoms with Crippen LogP contribution in [0.3, 0.4) is 0 Å². The standard InChI is InChI=1S/C60H95N9O13S2/c1-13-36(4)42(31-51(72)60(7,8)67(9)10)56(76)68(11)46(35(2)3)32-49(81-38(6)70)55-66-45(34-84-55)54(75)64-41(27-37(5)47(71)30-40(58(78)79)19-14-16-24-61)28-39-22-23-48(82-59(80)43(63)20-15-17-25-62)44(29-39)65-52(73)21-18-26-69-53(74)33-50(83-12)57(69)77/h22-23,29,34-37,40-43,46,49-50H,13-21,24-28,30-33,61-63H2,1-12H3,(H,64,75)(H,65,73)(H,78,79)/p+3/t36-,37?,40+,41+,42-,43-,46+,49+,50?/m0/s1. The van der Waals surface area contributed by atoms with Crippen molar-refractivity contribution in [3.05, 3.63) is 39.8 Å². The molecule has 1 aromatic heterocycles. The Kier molecular flexibility index (Phi) is 30.3. The van der Waals surface area contributed by atoms with Crippen LogP contribution in [0.2, 0.25) is 0 Å². The number of carbonyl (C=O) groups excluding carboxylic acids is 9. The lowest BCUT2D eigenvalue weighted by Gasteiger charge is -2.38. The highest BCUT2D eigenvalue weighted by atomic mass is 32.2. The van der Waals surface area contributed by atoms with E-state index in [-0.39, 0.29) is 116 Å². The number of hydrogen-bond acceptors (Lipinski definition) is 16. The number of likely N-dealkylation sites (tertiary alicyclic amines) is 1. The lowest BCUT2D eigenvalue weighted by molar-refractivity contribution is -0.409. The third-order valence-electron chi connectivity index (χ3n) is 16.3. The zero-order chi connectivity index (χ0) is 63.2. The van der Waals surface area contributed by atoms with Gasteiger partial charge in [-0.1, -0.05) is 47.1 Å². The van der Waals surface area contributed by atoms with Crippen molar-refractivity contribution >= 4 is 87.8 Å². The Hall–Kier alpha value is -5.66. The number of anilines is 1. The van der Waals surface area contributed by atoms with Gasteiger partial charge in [-0.2, -0.15) is 11.8 Å². The predicted octanol–water partition coefficient (Wildman–Crippen LogP) is 4.16. The highest BCUT2D eigenvalue weighted by Gasteiger charge is 2.40. The monoisotopic (exact) mass is 1220 g/mol. The molecule has 3 rings (SSSR count). The number of carbonyl (C=O) groups is 10. The number of carboxylic acid groups (broad SMARTS) is 1. The van der Waals surface area contributed by atoms with Crippen LogP contribution in [0.15, 0.2) is 23.6 Å². The van der Waals surface area contributed by atoms with Crippen LogP contribution in [0.4, 0.5) is 5.69 Å². The van der Waals surface area contributed by atoms with Gasteiger partial charge >= 0.3 is 17.9 Å². The molecule has 1 aliphatic rings. The first-order valence-electron chi connectivity index (χ1n) is 29.6. The van der Waals surface area contributed by atoms with Crippen LogP contribution in [0, 0.1) is 29.6 Å². The number of thiazole rings is 1. The molecule has 2 unspecified atom stereocenters. The summed E-state index contributed by atoms with van der Waals surface area (Å²) in [5, 5.41) is 17.3. The number of carboxylic acids is 1. The molecule has 12 N–H and O–H groups in total. The smallest absolute Gasteiger partial charge is 0.370 e. The predicted molar refractivity (Wildman–Crippen MR) is 321 cm³/mol. The van der Waals surface area contributed by atoms with Gasteiger partial charge in [-0.05, 0) is 115 Å². The number of amides is 5. The van der Waals surface area contributed by atoms with Crippen LogP contribution < -0.4 is 32.6 Å². The first-order valence-corrected chi connectivity index (χ1v) is 31.8. The second kappa shape index (κ2) is 35.1.